The molecule has 0 aliphatic carbocycles. The van der Waals surface area contributed by atoms with Crippen molar-refractivity contribution in [2.24, 2.45) is 0 Å². The Labute approximate surface area is 122 Å². The summed E-state index contributed by atoms with van der Waals surface area (Å²) in [6, 6.07) is 7.60. The van der Waals surface area contributed by atoms with Crippen molar-refractivity contribution in [3.63, 3.8) is 0 Å². The van der Waals surface area contributed by atoms with Crippen LogP contribution in [-0.4, -0.2) is 35.9 Å². The number of hydrogen-bond acceptors (Lipinski definition) is 3. The first-order valence-electron chi connectivity index (χ1n) is 6.88. The Balaban J connectivity index is 1.90. The fraction of sp³-hybridized carbons (Fsp3) is 0.333. The van der Waals surface area contributed by atoms with Crippen molar-refractivity contribution in [3.8, 4) is 11.3 Å². The van der Waals surface area contributed by atoms with Gasteiger partial charge in [-0.3, -0.25) is 9.89 Å². The van der Waals surface area contributed by atoms with Gasteiger partial charge in [-0.2, -0.15) is 5.10 Å². The van der Waals surface area contributed by atoms with Crippen molar-refractivity contribution in [1.82, 2.24) is 15.5 Å². The number of aromatic amines is 1. The van der Waals surface area contributed by atoms with E-state index < -0.39 is 0 Å². The monoisotopic (exact) mass is 291 g/mol. The summed E-state index contributed by atoms with van der Waals surface area (Å²) in [5.41, 5.74) is 1.74. The summed E-state index contributed by atoms with van der Waals surface area (Å²) in [6.07, 6.45) is 0.762. The maximum atomic E-state index is 12.9. The summed E-state index contributed by atoms with van der Waals surface area (Å²) in [4.78, 5) is 11.9. The van der Waals surface area contributed by atoms with Gasteiger partial charge in [0.1, 0.15) is 11.5 Å². The van der Waals surface area contributed by atoms with Gasteiger partial charge in [0.2, 0.25) is 0 Å². The van der Waals surface area contributed by atoms with Crippen molar-refractivity contribution in [3.05, 3.63) is 41.8 Å². The van der Waals surface area contributed by atoms with Crippen molar-refractivity contribution >= 4 is 5.91 Å². The highest BCUT2D eigenvalue weighted by Gasteiger charge is 2.10. The lowest BCUT2D eigenvalue weighted by Crippen LogP contribution is -2.25. The molecule has 1 aromatic heterocycles. The molecule has 0 bridgehead atoms. The van der Waals surface area contributed by atoms with E-state index in [9.17, 15) is 9.18 Å². The van der Waals surface area contributed by atoms with E-state index >= 15 is 0 Å². The van der Waals surface area contributed by atoms with E-state index in [-0.39, 0.29) is 11.7 Å². The number of amides is 1. The minimum absolute atomic E-state index is 0.215. The minimum atomic E-state index is -0.304. The molecule has 0 aliphatic rings. The van der Waals surface area contributed by atoms with Crippen molar-refractivity contribution in [2.75, 3.05) is 19.8 Å². The van der Waals surface area contributed by atoms with Gasteiger partial charge in [-0.25, -0.2) is 4.39 Å². The summed E-state index contributed by atoms with van der Waals surface area (Å²) in [6.45, 7) is 3.78. The number of H-pyrrole nitrogens is 1. The number of nitrogens with one attached hydrogen (secondary N) is 2. The standard InChI is InChI=1S/C15H18FN3O2/c1-2-21-9-3-8-17-15(20)14-10-13(18-19-14)11-4-6-12(16)7-5-11/h4-7,10H,2-3,8-9H2,1H3,(H,17,20)(H,18,19). The van der Waals surface area contributed by atoms with Crippen LogP contribution < -0.4 is 5.32 Å². The normalized spacial score (nSPS) is 10.6. The number of rotatable bonds is 7. The average molecular weight is 291 g/mol. The molecule has 2 N–H and O–H groups in total. The molecule has 0 saturated heterocycles. The Morgan fingerprint density at radius 3 is 2.86 bits per heavy atom. The lowest BCUT2D eigenvalue weighted by Gasteiger charge is -2.03. The van der Waals surface area contributed by atoms with Gasteiger partial charge in [-0.1, -0.05) is 0 Å². The smallest absolute Gasteiger partial charge is 0.269 e. The van der Waals surface area contributed by atoms with Gasteiger partial charge >= 0.3 is 0 Å². The Kier molecular flexibility index (Phi) is 5.45. The zero-order valence-electron chi connectivity index (χ0n) is 11.9. The number of ether oxygens (including phenoxy) is 1. The Bertz CT molecular complexity index is 581. The number of benzene rings is 1. The molecule has 21 heavy (non-hydrogen) atoms. The van der Waals surface area contributed by atoms with Crippen LogP contribution >= 0.6 is 0 Å². The quantitative estimate of drug-likeness (QED) is 0.770. The Hall–Kier alpha value is -2.21. The van der Waals surface area contributed by atoms with Crippen molar-refractivity contribution < 1.29 is 13.9 Å². The van der Waals surface area contributed by atoms with Crippen LogP contribution in [-0.2, 0) is 4.74 Å². The van der Waals surface area contributed by atoms with Gasteiger partial charge in [0.05, 0.1) is 5.69 Å². The second-order valence-corrected chi connectivity index (χ2v) is 4.48. The second-order valence-electron chi connectivity index (χ2n) is 4.48. The number of aromatic nitrogens is 2. The first-order valence-corrected chi connectivity index (χ1v) is 6.88. The van der Waals surface area contributed by atoms with Gasteiger partial charge < -0.3 is 10.1 Å². The molecule has 1 heterocycles. The number of carbonyl (C=O) groups excluding carboxylic acids is 1. The molecule has 0 aliphatic heterocycles. The number of nitrogens with zero attached hydrogens (tertiary/aromatic N) is 1. The van der Waals surface area contributed by atoms with Crippen LogP contribution in [0, 0.1) is 5.82 Å². The molecule has 0 atom stereocenters. The van der Waals surface area contributed by atoms with Crippen molar-refractivity contribution in [1.29, 1.82) is 0 Å². The number of carbonyl (C=O) groups is 1. The lowest BCUT2D eigenvalue weighted by molar-refractivity contribution is 0.0939. The van der Waals surface area contributed by atoms with Crippen LogP contribution in [0.5, 0.6) is 0 Å². The third-order valence-electron chi connectivity index (χ3n) is 2.92. The van der Waals surface area contributed by atoms with E-state index in [1.165, 1.54) is 12.1 Å². The van der Waals surface area contributed by atoms with Crippen LogP contribution in [0.15, 0.2) is 30.3 Å². The number of halogens is 1. The largest absolute Gasteiger partial charge is 0.382 e. The van der Waals surface area contributed by atoms with Gasteiger partial charge in [-0.15, -0.1) is 0 Å². The lowest BCUT2D eigenvalue weighted by atomic mass is 10.1. The second kappa shape index (κ2) is 7.54. The van der Waals surface area contributed by atoms with Crippen LogP contribution in [0.25, 0.3) is 11.3 Å². The summed E-state index contributed by atoms with van der Waals surface area (Å²) in [7, 11) is 0. The van der Waals surface area contributed by atoms with E-state index in [0.29, 0.717) is 31.1 Å². The molecular formula is C15H18FN3O2. The predicted octanol–water partition coefficient (Wildman–Crippen LogP) is 2.37. The van der Waals surface area contributed by atoms with Gasteiger partial charge in [0.15, 0.2) is 0 Å². The summed E-state index contributed by atoms with van der Waals surface area (Å²) < 4.78 is 18.1. The van der Waals surface area contributed by atoms with E-state index in [1.54, 1.807) is 18.2 Å². The highest BCUT2D eigenvalue weighted by molar-refractivity contribution is 5.93. The van der Waals surface area contributed by atoms with E-state index in [2.05, 4.69) is 15.5 Å². The summed E-state index contributed by atoms with van der Waals surface area (Å²) >= 11 is 0. The molecule has 0 fully saturated rings. The molecule has 112 valence electrons. The molecule has 6 heteroatoms. The molecule has 1 amide bonds. The highest BCUT2D eigenvalue weighted by Crippen LogP contribution is 2.17. The first-order chi connectivity index (χ1) is 10.2. The molecule has 0 radical (unpaired) electrons. The highest BCUT2D eigenvalue weighted by atomic mass is 19.1. The topological polar surface area (TPSA) is 67.0 Å². The molecular weight excluding hydrogens is 273 g/mol. The van der Waals surface area contributed by atoms with E-state index in [0.717, 1.165) is 12.0 Å². The van der Waals surface area contributed by atoms with Crippen molar-refractivity contribution in [2.45, 2.75) is 13.3 Å². The summed E-state index contributed by atoms with van der Waals surface area (Å²) in [5, 5.41) is 9.53. The minimum Gasteiger partial charge on any atom is -0.382 e. The zero-order chi connectivity index (χ0) is 15.1. The summed E-state index contributed by atoms with van der Waals surface area (Å²) in [5.74, 6) is -0.520. The van der Waals surface area contributed by atoms with Crippen LogP contribution in [0.4, 0.5) is 4.39 Å². The number of hydrogen-bond donors (Lipinski definition) is 2. The predicted molar refractivity (Wildman–Crippen MR) is 77.4 cm³/mol. The SMILES string of the molecule is CCOCCCNC(=O)c1cc(-c2ccc(F)cc2)n[nH]1. The molecule has 0 spiro atoms. The van der Waals surface area contributed by atoms with Crippen LogP contribution in [0.1, 0.15) is 23.8 Å². The third-order valence-corrected chi connectivity index (χ3v) is 2.92. The average Bonchev–Trinajstić information content (AvgIpc) is 2.97. The van der Waals surface area contributed by atoms with E-state index in [1.807, 2.05) is 6.92 Å². The molecule has 5 nitrogen and oxygen atoms in total. The van der Waals surface area contributed by atoms with Gasteiger partial charge in [0, 0.05) is 25.3 Å². The molecule has 1 aromatic carbocycles. The van der Waals surface area contributed by atoms with Gasteiger partial charge in [0.25, 0.3) is 5.91 Å². The maximum Gasteiger partial charge on any atom is 0.269 e. The Morgan fingerprint density at radius 2 is 2.14 bits per heavy atom. The zero-order valence-corrected chi connectivity index (χ0v) is 11.9. The van der Waals surface area contributed by atoms with Gasteiger partial charge in [-0.05, 0) is 43.7 Å². The molecule has 2 aromatic rings. The first kappa shape index (κ1) is 15.2. The Morgan fingerprint density at radius 1 is 1.38 bits per heavy atom. The van der Waals surface area contributed by atoms with Crippen LogP contribution in [0.3, 0.4) is 0 Å². The molecule has 0 unspecified atom stereocenters. The fourth-order valence-corrected chi connectivity index (χ4v) is 1.82. The van der Waals surface area contributed by atoms with Crippen LogP contribution in [0.2, 0.25) is 0 Å². The van der Waals surface area contributed by atoms with E-state index in [4.69, 9.17) is 4.74 Å². The molecule has 2 rings (SSSR count). The third kappa shape index (κ3) is 4.39. The maximum absolute atomic E-state index is 12.9. The molecule has 0 saturated carbocycles. The fourth-order valence-electron chi connectivity index (χ4n) is 1.82.